The molecule has 1 fully saturated rings. The van der Waals surface area contributed by atoms with Crippen LogP contribution in [0, 0.1) is 11.7 Å². The Morgan fingerprint density at radius 1 is 1.18 bits per heavy atom. The Kier molecular flexibility index (Phi) is 6.55. The van der Waals surface area contributed by atoms with E-state index in [1.807, 2.05) is 24.3 Å². The molecule has 2 aromatic carbocycles. The van der Waals surface area contributed by atoms with Crippen molar-refractivity contribution in [1.29, 1.82) is 0 Å². The molecule has 28 heavy (non-hydrogen) atoms. The van der Waals surface area contributed by atoms with Crippen molar-refractivity contribution < 1.29 is 14.0 Å². The Hall–Kier alpha value is -2.99. The molecule has 5 nitrogen and oxygen atoms in total. The van der Waals surface area contributed by atoms with Crippen molar-refractivity contribution in [3.05, 3.63) is 71.6 Å². The molecule has 2 aromatic rings. The molecular formula is C22H24FN3O2. The van der Waals surface area contributed by atoms with Gasteiger partial charge in [0.15, 0.2) is 0 Å². The molecule has 6 heteroatoms. The average molecular weight is 381 g/mol. The van der Waals surface area contributed by atoms with Crippen molar-refractivity contribution in [3.8, 4) is 0 Å². The minimum absolute atomic E-state index is 0.117. The number of primary amides is 1. The number of nitrogens with one attached hydrogen (secondary N) is 1. The second-order valence-electron chi connectivity index (χ2n) is 7.01. The van der Waals surface area contributed by atoms with E-state index in [0.717, 1.165) is 36.2 Å². The lowest BCUT2D eigenvalue weighted by Crippen LogP contribution is -2.40. The number of carbonyl (C=O) groups is 2. The number of carbonyl (C=O) groups excluding carboxylic acids is 2. The first-order valence-electron chi connectivity index (χ1n) is 9.35. The summed E-state index contributed by atoms with van der Waals surface area (Å²) in [7, 11) is 0. The molecule has 1 unspecified atom stereocenters. The highest BCUT2D eigenvalue weighted by Crippen LogP contribution is 2.22. The first kappa shape index (κ1) is 19.8. The number of anilines is 1. The number of halogens is 1. The van der Waals surface area contributed by atoms with Gasteiger partial charge in [0.25, 0.3) is 0 Å². The molecular weight excluding hydrogens is 357 g/mol. The molecule has 1 saturated heterocycles. The lowest BCUT2D eigenvalue weighted by Gasteiger charge is -2.31. The molecule has 0 spiro atoms. The topological polar surface area (TPSA) is 75.4 Å². The number of para-hydroxylation sites is 1. The molecule has 3 rings (SSSR count). The summed E-state index contributed by atoms with van der Waals surface area (Å²) in [6, 6.07) is 13.5. The van der Waals surface area contributed by atoms with Crippen LogP contribution < -0.4 is 11.1 Å². The zero-order valence-electron chi connectivity index (χ0n) is 15.6. The minimum Gasteiger partial charge on any atom is -0.369 e. The fraction of sp³-hybridized carbons (Fsp3) is 0.273. The molecule has 2 amide bonds. The van der Waals surface area contributed by atoms with E-state index in [9.17, 15) is 14.0 Å². The summed E-state index contributed by atoms with van der Waals surface area (Å²) >= 11 is 0. The van der Waals surface area contributed by atoms with Crippen LogP contribution in [-0.4, -0.2) is 29.8 Å². The Bertz CT molecular complexity index is 864. The molecule has 0 saturated carbocycles. The molecule has 1 heterocycles. The predicted octanol–water partition coefficient (Wildman–Crippen LogP) is 3.17. The van der Waals surface area contributed by atoms with Crippen molar-refractivity contribution >= 4 is 23.6 Å². The van der Waals surface area contributed by atoms with Crippen molar-refractivity contribution in [1.82, 2.24) is 4.90 Å². The molecule has 3 N–H and O–H groups in total. The fourth-order valence-electron chi connectivity index (χ4n) is 3.37. The van der Waals surface area contributed by atoms with Crippen LogP contribution >= 0.6 is 0 Å². The fourth-order valence-corrected chi connectivity index (χ4v) is 3.37. The van der Waals surface area contributed by atoms with Crippen LogP contribution in [0.15, 0.2) is 54.6 Å². The third-order valence-electron chi connectivity index (χ3n) is 4.87. The SMILES string of the molecule is NC(=O)C1CCCN(Cc2ccccc2NC(=O)/C=C/c2ccc(F)cc2)C1. The van der Waals surface area contributed by atoms with Gasteiger partial charge in [0.2, 0.25) is 11.8 Å². The first-order valence-corrected chi connectivity index (χ1v) is 9.35. The van der Waals surface area contributed by atoms with Gasteiger partial charge in [-0.05, 0) is 54.8 Å². The maximum absolute atomic E-state index is 12.9. The number of amides is 2. The van der Waals surface area contributed by atoms with Gasteiger partial charge in [-0.15, -0.1) is 0 Å². The average Bonchev–Trinajstić information content (AvgIpc) is 2.69. The predicted molar refractivity (Wildman–Crippen MR) is 108 cm³/mol. The Labute approximate surface area is 164 Å². The number of benzene rings is 2. The summed E-state index contributed by atoms with van der Waals surface area (Å²) in [4.78, 5) is 26.0. The van der Waals surface area contributed by atoms with Crippen LogP contribution in [0.3, 0.4) is 0 Å². The zero-order chi connectivity index (χ0) is 19.9. The quantitative estimate of drug-likeness (QED) is 0.755. The minimum atomic E-state index is -0.313. The molecule has 0 radical (unpaired) electrons. The number of hydrogen-bond donors (Lipinski definition) is 2. The standard InChI is InChI=1S/C22H24FN3O2/c23-19-10-7-16(8-11-19)9-12-21(27)25-20-6-2-1-4-17(20)14-26-13-3-5-18(15-26)22(24)28/h1-2,4,6-12,18H,3,5,13-15H2,(H2,24,28)(H,25,27)/b12-9+. The molecule has 0 bridgehead atoms. The van der Waals surface area contributed by atoms with E-state index in [4.69, 9.17) is 5.73 Å². The Morgan fingerprint density at radius 2 is 1.93 bits per heavy atom. The summed E-state index contributed by atoms with van der Waals surface area (Å²) in [6.07, 6.45) is 4.83. The lowest BCUT2D eigenvalue weighted by molar-refractivity contribution is -0.123. The van der Waals surface area contributed by atoms with Gasteiger partial charge in [-0.25, -0.2) is 4.39 Å². The largest absolute Gasteiger partial charge is 0.369 e. The van der Waals surface area contributed by atoms with Crippen LogP contribution in [0.5, 0.6) is 0 Å². The van der Waals surface area contributed by atoms with E-state index in [1.54, 1.807) is 18.2 Å². The molecule has 0 aromatic heterocycles. The Balaban J connectivity index is 1.64. The van der Waals surface area contributed by atoms with Gasteiger partial charge in [0.1, 0.15) is 5.82 Å². The summed E-state index contributed by atoms with van der Waals surface area (Å²) in [5.74, 6) is -0.941. The van der Waals surface area contributed by atoms with Gasteiger partial charge in [0, 0.05) is 24.9 Å². The second kappa shape index (κ2) is 9.28. The van der Waals surface area contributed by atoms with Crippen LogP contribution in [0.2, 0.25) is 0 Å². The maximum atomic E-state index is 12.9. The van der Waals surface area contributed by atoms with Gasteiger partial charge in [0.05, 0.1) is 5.92 Å². The molecule has 1 atom stereocenters. The van der Waals surface area contributed by atoms with Crippen molar-refractivity contribution in [3.63, 3.8) is 0 Å². The monoisotopic (exact) mass is 381 g/mol. The summed E-state index contributed by atoms with van der Waals surface area (Å²) in [5.41, 5.74) is 7.92. The van der Waals surface area contributed by atoms with Crippen LogP contribution in [0.1, 0.15) is 24.0 Å². The highest BCUT2D eigenvalue weighted by molar-refractivity contribution is 6.02. The summed E-state index contributed by atoms with van der Waals surface area (Å²) in [6.45, 7) is 2.18. The smallest absolute Gasteiger partial charge is 0.248 e. The zero-order valence-corrected chi connectivity index (χ0v) is 15.6. The van der Waals surface area contributed by atoms with E-state index >= 15 is 0 Å². The molecule has 1 aliphatic rings. The van der Waals surface area contributed by atoms with Gasteiger partial charge >= 0.3 is 0 Å². The van der Waals surface area contributed by atoms with E-state index in [2.05, 4.69) is 10.2 Å². The van der Waals surface area contributed by atoms with Crippen molar-refractivity contribution in [2.75, 3.05) is 18.4 Å². The normalized spacial score (nSPS) is 17.5. The van der Waals surface area contributed by atoms with E-state index < -0.39 is 0 Å². The second-order valence-corrected chi connectivity index (χ2v) is 7.01. The number of hydrogen-bond acceptors (Lipinski definition) is 3. The molecule has 0 aliphatic carbocycles. The van der Waals surface area contributed by atoms with Crippen LogP contribution in [0.25, 0.3) is 6.08 Å². The lowest BCUT2D eigenvalue weighted by atomic mass is 9.97. The number of rotatable bonds is 6. The van der Waals surface area contributed by atoms with Crippen molar-refractivity contribution in [2.45, 2.75) is 19.4 Å². The third kappa shape index (κ3) is 5.50. The van der Waals surface area contributed by atoms with Gasteiger partial charge in [-0.1, -0.05) is 30.3 Å². The highest BCUT2D eigenvalue weighted by atomic mass is 19.1. The van der Waals surface area contributed by atoms with Crippen molar-refractivity contribution in [2.24, 2.45) is 11.7 Å². The van der Waals surface area contributed by atoms with Gasteiger partial charge < -0.3 is 11.1 Å². The van der Waals surface area contributed by atoms with E-state index in [1.165, 1.54) is 18.2 Å². The Morgan fingerprint density at radius 3 is 2.68 bits per heavy atom. The number of nitrogens with two attached hydrogens (primary N) is 1. The van der Waals surface area contributed by atoms with Crippen LogP contribution in [0.4, 0.5) is 10.1 Å². The molecule has 146 valence electrons. The van der Waals surface area contributed by atoms with E-state index in [0.29, 0.717) is 13.1 Å². The summed E-state index contributed by atoms with van der Waals surface area (Å²) < 4.78 is 12.9. The van der Waals surface area contributed by atoms with Gasteiger partial charge in [-0.2, -0.15) is 0 Å². The maximum Gasteiger partial charge on any atom is 0.248 e. The third-order valence-corrected chi connectivity index (χ3v) is 4.87. The number of piperidine rings is 1. The van der Waals surface area contributed by atoms with Gasteiger partial charge in [-0.3, -0.25) is 14.5 Å². The first-order chi connectivity index (χ1) is 13.5. The summed E-state index contributed by atoms with van der Waals surface area (Å²) in [5, 5.41) is 2.90. The van der Waals surface area contributed by atoms with Crippen LogP contribution in [-0.2, 0) is 16.1 Å². The number of likely N-dealkylation sites (tertiary alicyclic amines) is 1. The number of nitrogens with zero attached hydrogens (tertiary/aromatic N) is 1. The highest BCUT2D eigenvalue weighted by Gasteiger charge is 2.24. The molecule has 1 aliphatic heterocycles. The van der Waals surface area contributed by atoms with E-state index in [-0.39, 0.29) is 23.5 Å².